The van der Waals surface area contributed by atoms with Crippen molar-refractivity contribution in [1.29, 1.82) is 0 Å². The van der Waals surface area contributed by atoms with Gasteiger partial charge >= 0.3 is 6.03 Å². The SMILES string of the molecule is C=CC(=O)N1CCCC1c1nc(N2CCN(C(=O)Nc3ccc(NC(C)=O)cc3)CC2=O)c2c(N)nccn12. The molecular weight excluding hydrogens is 502 g/mol. The van der Waals surface area contributed by atoms with Crippen molar-refractivity contribution >= 4 is 52.3 Å². The van der Waals surface area contributed by atoms with E-state index in [-0.39, 0.29) is 49.2 Å². The van der Waals surface area contributed by atoms with Crippen LogP contribution in [0.2, 0.25) is 0 Å². The van der Waals surface area contributed by atoms with Gasteiger partial charge in [-0.1, -0.05) is 6.58 Å². The number of rotatable bonds is 5. The third-order valence-electron chi connectivity index (χ3n) is 6.82. The molecule has 0 saturated carbocycles. The van der Waals surface area contributed by atoms with Gasteiger partial charge in [0.1, 0.15) is 17.9 Å². The highest BCUT2D eigenvalue weighted by atomic mass is 16.2. The molecule has 1 unspecified atom stereocenters. The van der Waals surface area contributed by atoms with Crippen LogP contribution in [0.3, 0.4) is 0 Å². The maximum atomic E-state index is 13.3. The van der Waals surface area contributed by atoms with Crippen molar-refractivity contribution in [1.82, 2.24) is 24.2 Å². The topological polar surface area (TPSA) is 158 Å². The molecule has 0 radical (unpaired) electrons. The number of aromatic nitrogens is 3. The predicted octanol–water partition coefficient (Wildman–Crippen LogP) is 2.00. The molecule has 3 aromatic rings. The zero-order valence-electron chi connectivity index (χ0n) is 21.5. The van der Waals surface area contributed by atoms with E-state index < -0.39 is 6.03 Å². The standard InChI is InChI=1S/C26H29N9O4/c1-3-20(37)33-11-4-5-19(33)24-31-25(22-23(27)28-10-12-35(22)24)34-14-13-32(15-21(34)38)26(39)30-18-8-6-17(7-9-18)29-16(2)36/h3,6-10,12,19H,1,4-5,11,13-15H2,2H3,(H2,27,28)(H,29,36)(H,30,39). The third-order valence-corrected chi connectivity index (χ3v) is 6.82. The van der Waals surface area contributed by atoms with Crippen LogP contribution in [0.4, 0.5) is 27.8 Å². The molecule has 13 nitrogen and oxygen atoms in total. The minimum Gasteiger partial charge on any atom is -0.382 e. The third kappa shape index (κ3) is 4.98. The second-order valence-corrected chi connectivity index (χ2v) is 9.37. The number of nitrogens with two attached hydrogens (primary N) is 1. The smallest absolute Gasteiger partial charge is 0.322 e. The molecule has 13 heteroatoms. The Balaban J connectivity index is 1.35. The maximum Gasteiger partial charge on any atom is 0.322 e. The molecule has 2 saturated heterocycles. The van der Waals surface area contributed by atoms with Crippen LogP contribution in [0.25, 0.3) is 5.52 Å². The molecule has 39 heavy (non-hydrogen) atoms. The first-order chi connectivity index (χ1) is 18.8. The Kier molecular flexibility index (Phi) is 6.88. The van der Waals surface area contributed by atoms with Crippen LogP contribution >= 0.6 is 0 Å². The van der Waals surface area contributed by atoms with Crippen LogP contribution in [0.5, 0.6) is 0 Å². The van der Waals surface area contributed by atoms with E-state index in [4.69, 9.17) is 10.7 Å². The van der Waals surface area contributed by atoms with Crippen molar-refractivity contribution in [2.75, 3.05) is 47.4 Å². The van der Waals surface area contributed by atoms with Gasteiger partial charge in [0, 0.05) is 50.3 Å². The number of imidazole rings is 1. The van der Waals surface area contributed by atoms with Gasteiger partial charge in [0.25, 0.3) is 0 Å². The fourth-order valence-corrected chi connectivity index (χ4v) is 5.02. The van der Waals surface area contributed by atoms with Gasteiger partial charge in [0.05, 0.1) is 6.04 Å². The van der Waals surface area contributed by atoms with E-state index >= 15 is 0 Å². The molecule has 2 aliphatic rings. The Hall–Kier alpha value is -4.94. The zero-order valence-corrected chi connectivity index (χ0v) is 21.5. The first kappa shape index (κ1) is 25.7. The molecule has 1 atom stereocenters. The number of amides is 5. The number of piperazine rings is 1. The molecule has 0 aliphatic carbocycles. The molecule has 2 aliphatic heterocycles. The summed E-state index contributed by atoms with van der Waals surface area (Å²) in [5.41, 5.74) is 7.86. The number of likely N-dealkylation sites (tertiary alicyclic amines) is 1. The largest absolute Gasteiger partial charge is 0.382 e. The summed E-state index contributed by atoms with van der Waals surface area (Å²) in [6, 6.07) is 5.97. The van der Waals surface area contributed by atoms with E-state index in [1.165, 1.54) is 22.8 Å². The normalized spacial score (nSPS) is 17.4. The fraction of sp³-hybridized carbons (Fsp3) is 0.308. The molecule has 1 aromatic carbocycles. The summed E-state index contributed by atoms with van der Waals surface area (Å²) in [6.07, 6.45) is 6.10. The lowest BCUT2D eigenvalue weighted by molar-refractivity contribution is -0.127. The lowest BCUT2D eigenvalue weighted by Gasteiger charge is -2.33. The number of carbonyl (C=O) groups is 4. The Labute approximate surface area is 224 Å². The van der Waals surface area contributed by atoms with E-state index in [2.05, 4.69) is 22.2 Å². The summed E-state index contributed by atoms with van der Waals surface area (Å²) in [4.78, 5) is 63.5. The van der Waals surface area contributed by atoms with Gasteiger partial charge in [0.2, 0.25) is 17.7 Å². The summed E-state index contributed by atoms with van der Waals surface area (Å²) in [5, 5.41) is 5.44. The van der Waals surface area contributed by atoms with Crippen molar-refractivity contribution < 1.29 is 19.2 Å². The number of nitrogens with zero attached hydrogens (tertiary/aromatic N) is 6. The molecule has 0 bridgehead atoms. The van der Waals surface area contributed by atoms with E-state index in [0.717, 1.165) is 6.42 Å². The summed E-state index contributed by atoms with van der Waals surface area (Å²) in [5.74, 6) is 0.464. The first-order valence-corrected chi connectivity index (χ1v) is 12.6. The average Bonchev–Trinajstić information content (AvgIpc) is 3.55. The molecule has 4 heterocycles. The second-order valence-electron chi connectivity index (χ2n) is 9.37. The van der Waals surface area contributed by atoms with Crippen LogP contribution in [0.1, 0.15) is 31.6 Å². The number of urea groups is 1. The van der Waals surface area contributed by atoms with Crippen molar-refractivity contribution in [3.05, 3.63) is 55.1 Å². The Morgan fingerprint density at radius 3 is 2.49 bits per heavy atom. The van der Waals surface area contributed by atoms with Crippen LogP contribution < -0.4 is 21.3 Å². The Bertz CT molecular complexity index is 1470. The Morgan fingerprint density at radius 2 is 1.82 bits per heavy atom. The summed E-state index contributed by atoms with van der Waals surface area (Å²) in [7, 11) is 0. The van der Waals surface area contributed by atoms with E-state index in [9.17, 15) is 19.2 Å². The monoisotopic (exact) mass is 531 g/mol. The van der Waals surface area contributed by atoms with Gasteiger partial charge in [-0.2, -0.15) is 0 Å². The van der Waals surface area contributed by atoms with Gasteiger partial charge in [-0.05, 0) is 43.2 Å². The zero-order chi connectivity index (χ0) is 27.7. The summed E-state index contributed by atoms with van der Waals surface area (Å²) in [6.45, 7) is 5.92. The number of fused-ring (bicyclic) bond motifs is 1. The molecule has 5 amide bonds. The van der Waals surface area contributed by atoms with Crippen molar-refractivity contribution in [2.45, 2.75) is 25.8 Å². The molecule has 2 fully saturated rings. The quantitative estimate of drug-likeness (QED) is 0.425. The van der Waals surface area contributed by atoms with Crippen LogP contribution in [0, 0.1) is 0 Å². The van der Waals surface area contributed by atoms with Gasteiger partial charge in [-0.3, -0.25) is 23.7 Å². The Morgan fingerprint density at radius 1 is 1.10 bits per heavy atom. The second kappa shape index (κ2) is 10.4. The molecular formula is C26H29N9O4. The lowest BCUT2D eigenvalue weighted by Crippen LogP contribution is -2.53. The van der Waals surface area contributed by atoms with Gasteiger partial charge in [-0.25, -0.2) is 14.8 Å². The highest BCUT2D eigenvalue weighted by Gasteiger charge is 2.36. The number of hydrogen-bond acceptors (Lipinski definition) is 7. The van der Waals surface area contributed by atoms with Crippen molar-refractivity contribution in [2.24, 2.45) is 0 Å². The van der Waals surface area contributed by atoms with Crippen LogP contribution in [0.15, 0.2) is 49.3 Å². The average molecular weight is 532 g/mol. The van der Waals surface area contributed by atoms with E-state index in [1.807, 2.05) is 0 Å². The number of benzene rings is 1. The van der Waals surface area contributed by atoms with E-state index in [1.54, 1.807) is 46.0 Å². The number of anilines is 4. The molecule has 0 spiro atoms. The number of carbonyl (C=O) groups excluding carboxylic acids is 4. The fourth-order valence-electron chi connectivity index (χ4n) is 5.02. The summed E-state index contributed by atoms with van der Waals surface area (Å²) >= 11 is 0. The van der Waals surface area contributed by atoms with Crippen LogP contribution in [-0.4, -0.2) is 74.1 Å². The molecule has 2 aromatic heterocycles. The van der Waals surface area contributed by atoms with Gasteiger partial charge in [-0.15, -0.1) is 0 Å². The molecule has 4 N–H and O–H groups in total. The van der Waals surface area contributed by atoms with Gasteiger partial charge in [0.15, 0.2) is 11.6 Å². The minimum atomic E-state index is -0.420. The first-order valence-electron chi connectivity index (χ1n) is 12.6. The maximum absolute atomic E-state index is 13.3. The van der Waals surface area contributed by atoms with Crippen molar-refractivity contribution in [3.63, 3.8) is 0 Å². The molecule has 202 valence electrons. The number of nitrogen functional groups attached to an aromatic ring is 1. The predicted molar refractivity (Wildman–Crippen MR) is 145 cm³/mol. The highest BCUT2D eigenvalue weighted by molar-refractivity contribution is 6.03. The van der Waals surface area contributed by atoms with Crippen molar-refractivity contribution in [3.8, 4) is 0 Å². The minimum absolute atomic E-state index is 0.158. The molecule has 5 rings (SSSR count). The lowest BCUT2D eigenvalue weighted by atomic mass is 10.2. The summed E-state index contributed by atoms with van der Waals surface area (Å²) < 4.78 is 1.79. The van der Waals surface area contributed by atoms with Crippen LogP contribution in [-0.2, 0) is 14.4 Å². The number of hydrogen-bond donors (Lipinski definition) is 3. The number of nitrogens with one attached hydrogen (secondary N) is 2. The highest BCUT2D eigenvalue weighted by Crippen LogP contribution is 2.36. The van der Waals surface area contributed by atoms with E-state index in [0.29, 0.717) is 41.5 Å². The van der Waals surface area contributed by atoms with Gasteiger partial charge < -0.3 is 26.2 Å².